The zero-order valence-electron chi connectivity index (χ0n) is 12.2. The Labute approximate surface area is 122 Å². The van der Waals surface area contributed by atoms with Crippen LogP contribution in [0.4, 0.5) is 0 Å². The Morgan fingerprint density at radius 2 is 2.10 bits per heavy atom. The number of hydrogen-bond donors (Lipinski definition) is 1. The van der Waals surface area contributed by atoms with Gasteiger partial charge >= 0.3 is 11.9 Å². The molecule has 0 radical (unpaired) electrons. The fourth-order valence-electron chi connectivity index (χ4n) is 2.36. The van der Waals surface area contributed by atoms with Gasteiger partial charge in [-0.3, -0.25) is 0 Å². The van der Waals surface area contributed by atoms with Gasteiger partial charge in [-0.05, 0) is 32.1 Å². The molecule has 1 aromatic heterocycles. The van der Waals surface area contributed by atoms with Gasteiger partial charge in [0.15, 0.2) is 0 Å². The quantitative estimate of drug-likeness (QED) is 0.693. The van der Waals surface area contributed by atoms with Crippen molar-refractivity contribution in [2.24, 2.45) is 7.05 Å². The maximum Gasteiger partial charge on any atom is 0.355 e. The highest BCUT2D eigenvalue weighted by Gasteiger charge is 2.20. The van der Waals surface area contributed by atoms with Crippen LogP contribution in [0.5, 0.6) is 0 Å². The van der Waals surface area contributed by atoms with E-state index in [2.05, 4.69) is 0 Å². The van der Waals surface area contributed by atoms with Gasteiger partial charge in [0.05, 0.1) is 6.61 Å². The lowest BCUT2D eigenvalue weighted by molar-refractivity contribution is -0.131. The molecule has 0 spiro atoms. The number of carboxylic acids is 1. The number of aliphatic carboxylic acids is 1. The normalized spacial score (nSPS) is 11.2. The van der Waals surface area contributed by atoms with Gasteiger partial charge in [0.2, 0.25) is 0 Å². The van der Waals surface area contributed by atoms with E-state index >= 15 is 0 Å². The van der Waals surface area contributed by atoms with Crippen LogP contribution in [0.2, 0.25) is 0 Å². The summed E-state index contributed by atoms with van der Waals surface area (Å²) in [5.41, 5.74) is 2.81. The number of carboxylic acid groups (broad SMARTS) is 1. The SMILES string of the molecule is CCOC(=O)c1c(/C=C\C(=O)O)c2cc(C)ccc2n1C. The van der Waals surface area contributed by atoms with Crippen LogP contribution < -0.4 is 0 Å². The lowest BCUT2D eigenvalue weighted by Crippen LogP contribution is -2.11. The Bertz CT molecular complexity index is 740. The van der Waals surface area contributed by atoms with Gasteiger partial charge in [-0.2, -0.15) is 0 Å². The third kappa shape index (κ3) is 2.81. The number of aromatic nitrogens is 1. The van der Waals surface area contributed by atoms with Gasteiger partial charge in [0, 0.05) is 29.6 Å². The van der Waals surface area contributed by atoms with Crippen molar-refractivity contribution in [1.29, 1.82) is 0 Å². The van der Waals surface area contributed by atoms with E-state index < -0.39 is 11.9 Å². The summed E-state index contributed by atoms with van der Waals surface area (Å²) < 4.78 is 6.81. The lowest BCUT2D eigenvalue weighted by Gasteiger charge is -2.05. The molecule has 0 saturated carbocycles. The number of carbonyl (C=O) groups is 2. The molecule has 0 saturated heterocycles. The first-order chi connectivity index (χ1) is 9.95. The monoisotopic (exact) mass is 287 g/mol. The number of fused-ring (bicyclic) bond motifs is 1. The molecule has 1 heterocycles. The molecule has 5 nitrogen and oxygen atoms in total. The lowest BCUT2D eigenvalue weighted by atomic mass is 10.1. The number of hydrogen-bond acceptors (Lipinski definition) is 3. The number of aryl methyl sites for hydroxylation is 2. The van der Waals surface area contributed by atoms with Crippen LogP contribution in [0.25, 0.3) is 17.0 Å². The van der Waals surface area contributed by atoms with Gasteiger partial charge in [-0.15, -0.1) is 0 Å². The Hall–Kier alpha value is -2.56. The Morgan fingerprint density at radius 3 is 2.71 bits per heavy atom. The van der Waals surface area contributed by atoms with Crippen LogP contribution in [0, 0.1) is 6.92 Å². The van der Waals surface area contributed by atoms with Crippen molar-refractivity contribution in [1.82, 2.24) is 4.57 Å². The van der Waals surface area contributed by atoms with Gasteiger partial charge in [0.25, 0.3) is 0 Å². The van der Waals surface area contributed by atoms with E-state index in [9.17, 15) is 9.59 Å². The molecular weight excluding hydrogens is 270 g/mol. The topological polar surface area (TPSA) is 68.5 Å². The van der Waals surface area contributed by atoms with Crippen LogP contribution in [0.1, 0.15) is 28.5 Å². The second-order valence-electron chi connectivity index (χ2n) is 4.73. The second kappa shape index (κ2) is 5.83. The van der Waals surface area contributed by atoms with E-state index in [1.807, 2.05) is 25.1 Å². The van der Waals surface area contributed by atoms with Crippen molar-refractivity contribution in [3.05, 3.63) is 41.1 Å². The standard InChI is InChI=1S/C16H17NO4/c1-4-21-16(20)15-11(6-8-14(18)19)12-9-10(2)5-7-13(12)17(15)3/h5-9H,4H2,1-3H3,(H,18,19)/b8-6-. The van der Waals surface area contributed by atoms with Crippen molar-refractivity contribution in [3.8, 4) is 0 Å². The summed E-state index contributed by atoms with van der Waals surface area (Å²) in [6, 6.07) is 5.78. The number of benzene rings is 1. The number of nitrogens with zero attached hydrogens (tertiary/aromatic N) is 1. The smallest absolute Gasteiger partial charge is 0.355 e. The predicted octanol–water partition coefficient (Wildman–Crippen LogP) is 2.76. The predicted molar refractivity (Wildman–Crippen MR) is 80.3 cm³/mol. The molecule has 0 atom stereocenters. The van der Waals surface area contributed by atoms with E-state index in [1.54, 1.807) is 18.5 Å². The zero-order chi connectivity index (χ0) is 15.6. The van der Waals surface area contributed by atoms with Crippen LogP contribution in [0.15, 0.2) is 24.3 Å². The molecule has 2 aromatic rings. The average molecular weight is 287 g/mol. The van der Waals surface area contributed by atoms with Crippen molar-refractivity contribution < 1.29 is 19.4 Å². The van der Waals surface area contributed by atoms with Gasteiger partial charge in [-0.25, -0.2) is 9.59 Å². The molecular formula is C16H17NO4. The molecule has 1 N–H and O–H groups in total. The van der Waals surface area contributed by atoms with E-state index in [-0.39, 0.29) is 6.61 Å². The van der Waals surface area contributed by atoms with Crippen molar-refractivity contribution in [2.75, 3.05) is 6.61 Å². The fraction of sp³-hybridized carbons (Fsp3) is 0.250. The molecule has 0 amide bonds. The molecule has 0 bridgehead atoms. The fourth-order valence-corrected chi connectivity index (χ4v) is 2.36. The maximum atomic E-state index is 12.2. The molecule has 0 aliphatic carbocycles. The first kappa shape index (κ1) is 14.8. The molecule has 0 aliphatic heterocycles. The Kier molecular flexibility index (Phi) is 4.12. The van der Waals surface area contributed by atoms with Crippen LogP contribution in [-0.2, 0) is 16.6 Å². The van der Waals surface area contributed by atoms with Gasteiger partial charge in [-0.1, -0.05) is 11.6 Å². The Morgan fingerprint density at radius 1 is 1.38 bits per heavy atom. The highest BCUT2D eigenvalue weighted by Crippen LogP contribution is 2.28. The summed E-state index contributed by atoms with van der Waals surface area (Å²) in [5.74, 6) is -1.52. The van der Waals surface area contributed by atoms with E-state index in [0.29, 0.717) is 11.3 Å². The van der Waals surface area contributed by atoms with Gasteiger partial charge < -0.3 is 14.4 Å². The molecule has 0 fully saturated rings. The molecule has 110 valence electrons. The summed E-state index contributed by atoms with van der Waals surface area (Å²) in [6.45, 7) is 3.94. The summed E-state index contributed by atoms with van der Waals surface area (Å²) in [4.78, 5) is 22.9. The third-order valence-corrected chi connectivity index (χ3v) is 3.26. The van der Waals surface area contributed by atoms with Crippen LogP contribution in [-0.4, -0.2) is 28.2 Å². The molecule has 0 unspecified atom stereocenters. The number of ether oxygens (including phenoxy) is 1. The summed E-state index contributed by atoms with van der Waals surface area (Å²) in [5, 5.41) is 9.66. The number of carbonyl (C=O) groups excluding carboxylic acids is 1. The van der Waals surface area contributed by atoms with Crippen LogP contribution in [0.3, 0.4) is 0 Å². The highest BCUT2D eigenvalue weighted by molar-refractivity contribution is 6.04. The van der Waals surface area contributed by atoms with E-state index in [1.165, 1.54) is 6.08 Å². The second-order valence-corrected chi connectivity index (χ2v) is 4.73. The van der Waals surface area contributed by atoms with E-state index in [4.69, 9.17) is 9.84 Å². The summed E-state index contributed by atoms with van der Waals surface area (Å²) in [7, 11) is 1.77. The molecule has 1 aromatic carbocycles. The third-order valence-electron chi connectivity index (χ3n) is 3.26. The molecule has 0 aliphatic rings. The number of esters is 1. The zero-order valence-corrected chi connectivity index (χ0v) is 12.2. The molecule has 2 rings (SSSR count). The molecule has 5 heteroatoms. The first-order valence-electron chi connectivity index (χ1n) is 6.62. The highest BCUT2D eigenvalue weighted by atomic mass is 16.5. The molecule has 21 heavy (non-hydrogen) atoms. The van der Waals surface area contributed by atoms with Gasteiger partial charge in [0.1, 0.15) is 5.69 Å². The minimum absolute atomic E-state index is 0.265. The van der Waals surface area contributed by atoms with E-state index in [0.717, 1.165) is 22.5 Å². The summed E-state index contributed by atoms with van der Waals surface area (Å²) in [6.07, 6.45) is 2.47. The first-order valence-corrected chi connectivity index (χ1v) is 6.62. The van der Waals surface area contributed by atoms with Crippen molar-refractivity contribution in [3.63, 3.8) is 0 Å². The summed E-state index contributed by atoms with van der Waals surface area (Å²) >= 11 is 0. The minimum Gasteiger partial charge on any atom is -0.478 e. The Balaban J connectivity index is 2.75. The van der Waals surface area contributed by atoms with Crippen LogP contribution >= 0.6 is 0 Å². The number of rotatable bonds is 4. The maximum absolute atomic E-state index is 12.2. The largest absolute Gasteiger partial charge is 0.478 e. The average Bonchev–Trinajstić information content (AvgIpc) is 2.69. The minimum atomic E-state index is -1.06. The van der Waals surface area contributed by atoms with Crippen molar-refractivity contribution in [2.45, 2.75) is 13.8 Å². The van der Waals surface area contributed by atoms with Crippen molar-refractivity contribution >= 4 is 28.9 Å².